The monoisotopic (exact) mass is 402 g/mol. The molecule has 0 aromatic heterocycles. The lowest BCUT2D eigenvalue weighted by Gasteiger charge is -2.25. The Balaban J connectivity index is 0.00000220. The second kappa shape index (κ2) is 9.25. The van der Waals surface area contributed by atoms with E-state index in [4.69, 9.17) is 5.73 Å². The van der Waals surface area contributed by atoms with E-state index in [1.165, 1.54) is 43.5 Å². The highest BCUT2D eigenvalue weighted by molar-refractivity contribution is 14.0. The van der Waals surface area contributed by atoms with Gasteiger partial charge in [0.1, 0.15) is 0 Å². The molecule has 1 aliphatic heterocycles. The second-order valence-corrected chi connectivity index (χ2v) is 5.67. The molecule has 1 fully saturated rings. The van der Waals surface area contributed by atoms with E-state index in [1.807, 2.05) is 0 Å². The van der Waals surface area contributed by atoms with Crippen molar-refractivity contribution in [1.29, 1.82) is 0 Å². The van der Waals surface area contributed by atoms with Crippen molar-refractivity contribution in [3.05, 3.63) is 29.3 Å². The molecule has 1 heterocycles. The van der Waals surface area contributed by atoms with Gasteiger partial charge in [-0.1, -0.05) is 12.5 Å². The molecule has 1 saturated heterocycles. The minimum Gasteiger partial charge on any atom is -0.370 e. The summed E-state index contributed by atoms with van der Waals surface area (Å²) in [7, 11) is 0. The summed E-state index contributed by atoms with van der Waals surface area (Å²) in [6.07, 6.45) is 4.01. The van der Waals surface area contributed by atoms with Crippen LogP contribution in [-0.4, -0.2) is 37.0 Å². The first-order chi connectivity index (χ1) is 9.63. The molecule has 1 aromatic carbocycles. The lowest BCUT2D eigenvalue weighted by Crippen LogP contribution is -2.32. The van der Waals surface area contributed by atoms with Gasteiger partial charge in [0.2, 0.25) is 0 Å². The van der Waals surface area contributed by atoms with Crippen molar-refractivity contribution < 1.29 is 0 Å². The van der Waals surface area contributed by atoms with Gasteiger partial charge in [-0.3, -0.25) is 4.99 Å². The molecule has 0 amide bonds. The number of nitrogens with zero attached hydrogens (tertiary/aromatic N) is 2. The maximum absolute atomic E-state index is 5.94. The van der Waals surface area contributed by atoms with Crippen LogP contribution < -0.4 is 11.1 Å². The van der Waals surface area contributed by atoms with E-state index in [2.05, 4.69) is 47.3 Å². The normalized spacial score (nSPS) is 16.4. The third-order valence-corrected chi connectivity index (χ3v) is 3.64. The summed E-state index contributed by atoms with van der Waals surface area (Å²) < 4.78 is 0. The highest BCUT2D eigenvalue weighted by atomic mass is 127. The summed E-state index contributed by atoms with van der Waals surface area (Å²) in [5, 5.41) is 3.17. The summed E-state index contributed by atoms with van der Waals surface area (Å²) in [5.41, 5.74) is 9.42. The molecule has 4 nitrogen and oxygen atoms in total. The zero-order chi connectivity index (χ0) is 14.4. The van der Waals surface area contributed by atoms with Gasteiger partial charge in [-0.25, -0.2) is 0 Å². The average Bonchev–Trinajstić information content (AvgIpc) is 2.38. The molecule has 1 aromatic rings. The largest absolute Gasteiger partial charge is 0.370 e. The van der Waals surface area contributed by atoms with Crippen LogP contribution in [0.15, 0.2) is 23.2 Å². The fourth-order valence-electron chi connectivity index (χ4n) is 2.73. The van der Waals surface area contributed by atoms with Crippen LogP contribution in [0.5, 0.6) is 0 Å². The zero-order valence-electron chi connectivity index (χ0n) is 13.1. The molecule has 21 heavy (non-hydrogen) atoms. The predicted octanol–water partition coefficient (Wildman–Crippen LogP) is 3.13. The Labute approximate surface area is 145 Å². The summed E-state index contributed by atoms with van der Waals surface area (Å²) >= 11 is 0. The standard InChI is InChI=1S/C16H26N4.HI/c1-13-10-14(2)12-15(11-13)19-16(17)18-6-9-20-7-4-3-5-8-20;/h10-12H,3-9H2,1-2H3,(H3,17,18,19);1H. The number of halogens is 1. The average molecular weight is 402 g/mol. The summed E-state index contributed by atoms with van der Waals surface area (Å²) in [4.78, 5) is 6.88. The van der Waals surface area contributed by atoms with Gasteiger partial charge in [0.15, 0.2) is 5.96 Å². The molecular formula is C16H27IN4. The van der Waals surface area contributed by atoms with Gasteiger partial charge in [0.05, 0.1) is 6.54 Å². The van der Waals surface area contributed by atoms with Crippen LogP contribution in [0, 0.1) is 13.8 Å². The number of aliphatic imine (C=N–C) groups is 1. The molecule has 0 bridgehead atoms. The van der Waals surface area contributed by atoms with Gasteiger partial charge in [-0.2, -0.15) is 0 Å². The van der Waals surface area contributed by atoms with Crippen molar-refractivity contribution in [2.75, 3.05) is 31.5 Å². The molecular weight excluding hydrogens is 375 g/mol. The lowest BCUT2D eigenvalue weighted by atomic mass is 10.1. The quantitative estimate of drug-likeness (QED) is 0.462. The maximum atomic E-state index is 5.94. The van der Waals surface area contributed by atoms with Crippen LogP contribution in [0.4, 0.5) is 5.69 Å². The number of guanidine groups is 1. The smallest absolute Gasteiger partial charge is 0.193 e. The number of hydrogen-bond acceptors (Lipinski definition) is 2. The Bertz CT molecular complexity index is 447. The first-order valence-electron chi connectivity index (χ1n) is 7.51. The summed E-state index contributed by atoms with van der Waals surface area (Å²) in [5.74, 6) is 0.506. The molecule has 1 aliphatic rings. The number of aryl methyl sites for hydroxylation is 2. The van der Waals surface area contributed by atoms with Gasteiger partial charge in [0.25, 0.3) is 0 Å². The second-order valence-electron chi connectivity index (χ2n) is 5.67. The third kappa shape index (κ3) is 6.65. The minimum absolute atomic E-state index is 0. The van der Waals surface area contributed by atoms with Crippen molar-refractivity contribution in [2.45, 2.75) is 33.1 Å². The molecule has 0 atom stereocenters. The highest BCUT2D eigenvalue weighted by Crippen LogP contribution is 2.13. The molecule has 5 heteroatoms. The fourth-order valence-corrected chi connectivity index (χ4v) is 2.73. The van der Waals surface area contributed by atoms with E-state index in [-0.39, 0.29) is 24.0 Å². The van der Waals surface area contributed by atoms with Gasteiger partial charge in [-0.15, -0.1) is 24.0 Å². The van der Waals surface area contributed by atoms with E-state index >= 15 is 0 Å². The number of likely N-dealkylation sites (tertiary alicyclic amines) is 1. The number of benzene rings is 1. The highest BCUT2D eigenvalue weighted by Gasteiger charge is 2.08. The van der Waals surface area contributed by atoms with E-state index in [1.54, 1.807) is 0 Å². The minimum atomic E-state index is 0. The molecule has 118 valence electrons. The Morgan fingerprint density at radius 1 is 1.14 bits per heavy atom. The molecule has 0 radical (unpaired) electrons. The van der Waals surface area contributed by atoms with Crippen molar-refractivity contribution >= 4 is 35.6 Å². The number of piperidine rings is 1. The molecule has 0 unspecified atom stereocenters. The van der Waals surface area contributed by atoms with E-state index < -0.39 is 0 Å². The van der Waals surface area contributed by atoms with E-state index in [0.29, 0.717) is 5.96 Å². The van der Waals surface area contributed by atoms with Crippen molar-refractivity contribution in [2.24, 2.45) is 10.7 Å². The topological polar surface area (TPSA) is 53.6 Å². The first kappa shape index (κ1) is 18.2. The molecule has 2 rings (SSSR count). The SMILES string of the molecule is Cc1cc(C)cc(NC(N)=NCCN2CCCCC2)c1.I. The van der Waals surface area contributed by atoms with Crippen LogP contribution in [-0.2, 0) is 0 Å². The molecule has 0 saturated carbocycles. The van der Waals surface area contributed by atoms with Gasteiger partial charge in [0, 0.05) is 12.2 Å². The van der Waals surface area contributed by atoms with Gasteiger partial charge < -0.3 is 16.0 Å². The summed E-state index contributed by atoms with van der Waals surface area (Å²) in [6.45, 7) is 8.36. The van der Waals surface area contributed by atoms with Gasteiger partial charge in [-0.05, 0) is 63.0 Å². The van der Waals surface area contributed by atoms with Crippen LogP contribution in [0.25, 0.3) is 0 Å². The molecule has 0 aliphatic carbocycles. The zero-order valence-corrected chi connectivity index (χ0v) is 15.4. The Morgan fingerprint density at radius 2 is 1.76 bits per heavy atom. The van der Waals surface area contributed by atoms with Crippen LogP contribution in [0.3, 0.4) is 0 Å². The summed E-state index contributed by atoms with van der Waals surface area (Å²) in [6, 6.07) is 6.31. The van der Waals surface area contributed by atoms with Crippen molar-refractivity contribution in [1.82, 2.24) is 4.90 Å². The van der Waals surface area contributed by atoms with Crippen LogP contribution >= 0.6 is 24.0 Å². The Morgan fingerprint density at radius 3 is 2.38 bits per heavy atom. The van der Waals surface area contributed by atoms with Crippen LogP contribution in [0.2, 0.25) is 0 Å². The third-order valence-electron chi connectivity index (χ3n) is 3.64. The number of nitrogens with two attached hydrogens (primary N) is 1. The van der Waals surface area contributed by atoms with Crippen molar-refractivity contribution in [3.63, 3.8) is 0 Å². The number of hydrogen-bond donors (Lipinski definition) is 2. The lowest BCUT2D eigenvalue weighted by molar-refractivity contribution is 0.235. The molecule has 3 N–H and O–H groups in total. The van der Waals surface area contributed by atoms with Gasteiger partial charge >= 0.3 is 0 Å². The predicted molar refractivity (Wildman–Crippen MR) is 102 cm³/mol. The number of anilines is 1. The van der Waals surface area contributed by atoms with E-state index in [9.17, 15) is 0 Å². The Kier molecular flexibility index (Phi) is 8.03. The number of nitrogens with one attached hydrogen (secondary N) is 1. The van der Waals surface area contributed by atoms with Crippen molar-refractivity contribution in [3.8, 4) is 0 Å². The van der Waals surface area contributed by atoms with E-state index in [0.717, 1.165) is 18.8 Å². The maximum Gasteiger partial charge on any atom is 0.193 e. The first-order valence-corrected chi connectivity index (χ1v) is 7.51. The molecule has 0 spiro atoms. The number of rotatable bonds is 4. The fraction of sp³-hybridized carbons (Fsp3) is 0.562. The van der Waals surface area contributed by atoms with Crippen LogP contribution in [0.1, 0.15) is 30.4 Å². The Hall–Kier alpha value is -0.820.